The molecule has 3 saturated heterocycles. The lowest BCUT2D eigenvalue weighted by Crippen LogP contribution is -2.46. The number of likely N-dealkylation sites (tertiary alicyclic amines) is 3. The maximum atomic E-state index is 12.2. The van der Waals surface area contributed by atoms with E-state index >= 15 is 0 Å². The first kappa shape index (κ1) is 71.3. The molecule has 20 nitrogen and oxygen atoms in total. The number of carbonyl (C=O) groups excluding carboxylic acids is 3. The van der Waals surface area contributed by atoms with Crippen molar-refractivity contribution >= 4 is 68.7 Å². The van der Waals surface area contributed by atoms with Crippen molar-refractivity contribution < 1.29 is 28.6 Å². The highest BCUT2D eigenvalue weighted by Crippen LogP contribution is 2.30. The number of ether oxygens (including phenoxy) is 3. The SMILES string of the molecule is C.C.CI.CN1CCC(Oc2ccc(C3=NCC(=O)C=C3)cn2)CC1.O=C1C=CC(c2ccc(OC3CCN(C4CCC4)CC3)nc2)=NC1.O=C1CCC(c2ccc(Cl)nc2)=NC1.O=c1ccc(-c2ccc(OC3CCN(C4CCC4)CC3)nc2)nn1-c1ccccn1. The number of ketones is 3. The zero-order valence-electron chi connectivity index (χ0n) is 51.8. The molecule has 0 bridgehead atoms. The monoisotopic (exact) mass is 1400 g/mol. The van der Waals surface area contributed by atoms with Crippen molar-refractivity contribution in [2.75, 3.05) is 70.9 Å². The van der Waals surface area contributed by atoms with Gasteiger partial charge in [0.15, 0.2) is 23.2 Å². The van der Waals surface area contributed by atoms with Gasteiger partial charge in [0.1, 0.15) is 36.6 Å². The number of alkyl halides is 1. The fraction of sp³-hybridized carbons (Fsp3) is 0.451. The third-order valence-corrected chi connectivity index (χ3v) is 17.5. The van der Waals surface area contributed by atoms with Gasteiger partial charge in [0.25, 0.3) is 5.56 Å². The molecule has 22 heteroatoms. The van der Waals surface area contributed by atoms with E-state index in [0.29, 0.717) is 53.7 Å². The number of aromatic nitrogens is 7. The first-order chi connectivity index (χ1) is 44.5. The van der Waals surface area contributed by atoms with Gasteiger partial charge in [0, 0.05) is 141 Å². The maximum absolute atomic E-state index is 12.2. The summed E-state index contributed by atoms with van der Waals surface area (Å²) in [6.45, 7) is 7.41. The molecule has 0 unspecified atom stereocenters. The standard InChI is InChI=1S/C23H25N5O2.C19H23N3O2.C16H19N3O2.C10H9ClN2O.CH3I.2CH4/c29-23-10-8-20(26-28(23)21-6-1-2-13-24-21)17-7-9-22(25-16-17)30-19-11-14-27(15-12-19)18-4-3-5-18;23-16-5-6-18(20-13-16)14-4-7-19(21-12-14)24-17-8-10-22(11-9-17)15-2-1-3-15;1-19-8-6-14(7-9-19)21-16-5-2-12(10-18-16)15-4-3-13(20)11-17-15;11-10-4-1-7(5-13-10)9-3-2-8(14)6-12-9;1-2;;/h1-2,6-10,13,16,18-19H,3-5,11-12,14-15H2;4-7,12,15,17H,1-3,8-11,13H2;2-5,10,14H,6-9,11H2,1H3;1,4-5H,2-3,6H2;1H3;2*1H4. The highest BCUT2D eigenvalue weighted by Gasteiger charge is 2.31. The van der Waals surface area contributed by atoms with Gasteiger partial charge in [-0.2, -0.15) is 9.78 Å². The van der Waals surface area contributed by atoms with Crippen LogP contribution in [0.25, 0.3) is 17.1 Å². The molecular weight excluding hydrogens is 1310 g/mol. The molecular formula is C71H87ClIN13O7. The smallest absolute Gasteiger partial charge is 0.272 e. The van der Waals surface area contributed by atoms with Gasteiger partial charge >= 0.3 is 0 Å². The maximum Gasteiger partial charge on any atom is 0.272 e. The summed E-state index contributed by atoms with van der Waals surface area (Å²) in [5.41, 5.74) is 6.62. The van der Waals surface area contributed by atoms with Crippen LogP contribution in [0.2, 0.25) is 5.15 Å². The van der Waals surface area contributed by atoms with Crippen molar-refractivity contribution in [3.8, 4) is 34.7 Å². The number of piperidine rings is 3. The molecule has 0 amide bonds. The van der Waals surface area contributed by atoms with Gasteiger partial charge in [-0.3, -0.25) is 34.2 Å². The Balaban J connectivity index is 0.000000161. The quantitative estimate of drug-likeness (QED) is 0.0595. The minimum absolute atomic E-state index is 0. The third kappa shape index (κ3) is 21.0. The van der Waals surface area contributed by atoms with Crippen LogP contribution < -0.4 is 19.8 Å². The fourth-order valence-corrected chi connectivity index (χ4v) is 11.6. The van der Waals surface area contributed by atoms with Gasteiger partial charge in [-0.1, -0.05) is 68.0 Å². The van der Waals surface area contributed by atoms with E-state index in [1.807, 2.05) is 53.5 Å². The average molecular weight is 1400 g/mol. The van der Waals surface area contributed by atoms with Crippen LogP contribution in [0.1, 0.15) is 121 Å². The fourth-order valence-electron chi connectivity index (χ4n) is 11.5. The normalized spacial score (nSPS) is 19.0. The average Bonchev–Trinajstić information content (AvgIpc) is 1.53. The Kier molecular flexibility index (Phi) is 27.7. The van der Waals surface area contributed by atoms with Crippen LogP contribution >= 0.6 is 34.2 Å². The highest BCUT2D eigenvalue weighted by molar-refractivity contribution is 14.1. The number of aliphatic imine (C=N–C) groups is 3. The van der Waals surface area contributed by atoms with E-state index in [9.17, 15) is 19.2 Å². The number of allylic oxidation sites excluding steroid dienone is 2. The van der Waals surface area contributed by atoms with Crippen molar-refractivity contribution in [3.63, 3.8) is 0 Å². The number of carbonyl (C=O) groups is 3. The van der Waals surface area contributed by atoms with Crippen molar-refractivity contribution in [3.05, 3.63) is 166 Å². The van der Waals surface area contributed by atoms with Crippen molar-refractivity contribution in [1.82, 2.24) is 49.4 Å². The summed E-state index contributed by atoms with van der Waals surface area (Å²) in [7, 11) is 2.13. The number of pyridine rings is 5. The molecule has 0 radical (unpaired) electrons. The van der Waals surface area contributed by atoms with Crippen LogP contribution in [0.15, 0.2) is 154 Å². The van der Waals surface area contributed by atoms with E-state index in [-0.39, 0.29) is 69.2 Å². The molecule has 8 aliphatic rings. The molecule has 93 heavy (non-hydrogen) atoms. The molecule has 0 atom stereocenters. The van der Waals surface area contributed by atoms with E-state index in [4.69, 9.17) is 25.8 Å². The number of nitrogens with zero attached hydrogens (tertiary/aromatic N) is 13. The first-order valence-electron chi connectivity index (χ1n) is 31.6. The lowest BCUT2D eigenvalue weighted by Gasteiger charge is -2.41. The number of hydrogen-bond donors (Lipinski definition) is 0. The first-order valence-corrected chi connectivity index (χ1v) is 34.2. The zero-order chi connectivity index (χ0) is 63.3. The second kappa shape index (κ2) is 36.2. The second-order valence-corrected chi connectivity index (χ2v) is 23.9. The summed E-state index contributed by atoms with van der Waals surface area (Å²) in [6.07, 6.45) is 31.8. The van der Waals surface area contributed by atoms with Crippen LogP contribution in [0.5, 0.6) is 17.6 Å². The Hall–Kier alpha value is -7.57. The number of dihydropyridines is 2. The molecule has 0 aromatic carbocycles. The molecule has 5 fully saturated rings. The molecule has 14 rings (SSSR count). The van der Waals surface area contributed by atoms with Crippen LogP contribution in [0.3, 0.4) is 0 Å². The van der Waals surface area contributed by atoms with Crippen LogP contribution in [-0.2, 0) is 14.4 Å². The van der Waals surface area contributed by atoms with Gasteiger partial charge in [0.05, 0.1) is 23.7 Å². The molecule has 2 aliphatic carbocycles. The second-order valence-electron chi connectivity index (χ2n) is 23.5. The Morgan fingerprint density at radius 3 is 1.37 bits per heavy atom. The van der Waals surface area contributed by atoms with Crippen molar-refractivity contribution in [2.45, 2.75) is 135 Å². The predicted molar refractivity (Wildman–Crippen MR) is 376 cm³/mol. The molecule has 6 aromatic rings. The Morgan fingerprint density at radius 1 is 0.484 bits per heavy atom. The summed E-state index contributed by atoms with van der Waals surface area (Å²) in [5.74, 6) is 2.75. The minimum atomic E-state index is -0.224. The summed E-state index contributed by atoms with van der Waals surface area (Å²) in [6, 6.07) is 25.3. The van der Waals surface area contributed by atoms with Gasteiger partial charge in [-0.25, -0.2) is 24.9 Å². The van der Waals surface area contributed by atoms with E-state index < -0.39 is 0 Å². The molecule has 12 heterocycles. The van der Waals surface area contributed by atoms with Crippen LogP contribution in [-0.4, -0.2) is 185 Å². The van der Waals surface area contributed by atoms with Crippen LogP contribution in [0, 0.1) is 0 Å². The summed E-state index contributed by atoms with van der Waals surface area (Å²) >= 11 is 7.82. The summed E-state index contributed by atoms with van der Waals surface area (Å²) in [4.78, 5) is 89.0. The molecule has 0 spiro atoms. The number of hydrogen-bond acceptors (Lipinski definition) is 19. The lowest BCUT2D eigenvalue weighted by molar-refractivity contribution is -0.118. The Bertz CT molecular complexity index is 3580. The molecule has 492 valence electrons. The highest BCUT2D eigenvalue weighted by atomic mass is 127. The van der Waals surface area contributed by atoms with E-state index in [1.54, 1.807) is 79.6 Å². The van der Waals surface area contributed by atoms with E-state index in [0.717, 1.165) is 129 Å². The van der Waals surface area contributed by atoms with Crippen molar-refractivity contribution in [2.24, 2.45) is 15.0 Å². The van der Waals surface area contributed by atoms with Gasteiger partial charge in [-0.05, 0) is 155 Å². The molecule has 6 aromatic heterocycles. The number of rotatable bonds is 13. The van der Waals surface area contributed by atoms with Crippen LogP contribution in [0.4, 0.5) is 0 Å². The molecule has 0 N–H and O–H groups in total. The largest absolute Gasteiger partial charge is 0.474 e. The topological polar surface area (TPSA) is 225 Å². The summed E-state index contributed by atoms with van der Waals surface area (Å²) in [5, 5.41) is 4.93. The van der Waals surface area contributed by atoms with Gasteiger partial charge in [0.2, 0.25) is 17.6 Å². The lowest BCUT2D eigenvalue weighted by atomic mass is 9.90. The van der Waals surface area contributed by atoms with Gasteiger partial charge < -0.3 is 28.9 Å². The zero-order valence-corrected chi connectivity index (χ0v) is 54.7. The summed E-state index contributed by atoms with van der Waals surface area (Å²) < 4.78 is 19.4. The molecule has 6 aliphatic heterocycles. The van der Waals surface area contributed by atoms with E-state index in [1.165, 1.54) is 49.3 Å². The number of halogens is 2. The minimum Gasteiger partial charge on any atom is -0.474 e. The Morgan fingerprint density at radius 2 is 0.968 bits per heavy atom. The predicted octanol–water partition coefficient (Wildman–Crippen LogP) is 11.2. The van der Waals surface area contributed by atoms with E-state index in [2.05, 4.69) is 89.3 Å². The number of Topliss-reactive ketones (excluding diaryl/α,β-unsaturated/α-hetero) is 1. The van der Waals surface area contributed by atoms with Gasteiger partial charge in [-0.15, -0.1) is 0 Å². The van der Waals surface area contributed by atoms with Crippen molar-refractivity contribution in [1.29, 1.82) is 0 Å². The Labute approximate surface area is 565 Å². The molecule has 2 saturated carbocycles. The third-order valence-electron chi connectivity index (χ3n) is 17.2.